The second-order valence-electron chi connectivity index (χ2n) is 4.28. The number of unbranched alkanes of at least 4 members (excludes halogenated alkanes) is 2. The number of nitrogens with zero attached hydrogens (tertiary/aromatic N) is 1. The van der Waals surface area contributed by atoms with Crippen molar-refractivity contribution < 1.29 is 14.8 Å². The van der Waals surface area contributed by atoms with Crippen molar-refractivity contribution in [2.75, 3.05) is 13.1 Å². The molecule has 0 atom stereocenters. The van der Waals surface area contributed by atoms with Gasteiger partial charge in [0.2, 0.25) is 0 Å². The van der Waals surface area contributed by atoms with Gasteiger partial charge in [-0.05, 0) is 25.0 Å². The summed E-state index contributed by atoms with van der Waals surface area (Å²) in [4.78, 5) is 25.3. The first kappa shape index (κ1) is 12.7. The number of imide groups is 1. The van der Waals surface area contributed by atoms with E-state index in [9.17, 15) is 9.59 Å². The Morgan fingerprint density at radius 1 is 1.00 bits per heavy atom. The summed E-state index contributed by atoms with van der Waals surface area (Å²) >= 11 is 0. The minimum atomic E-state index is -0.198. The Bertz CT molecular complexity index is 424. The molecular formula is C13H16N2O3. The van der Waals surface area contributed by atoms with E-state index in [2.05, 4.69) is 5.48 Å². The van der Waals surface area contributed by atoms with E-state index in [1.54, 1.807) is 24.3 Å². The van der Waals surface area contributed by atoms with Gasteiger partial charge in [0.15, 0.2) is 0 Å². The number of nitrogens with one attached hydrogen (secondary N) is 1. The van der Waals surface area contributed by atoms with Crippen LogP contribution in [0.5, 0.6) is 0 Å². The molecule has 0 bridgehead atoms. The van der Waals surface area contributed by atoms with E-state index in [4.69, 9.17) is 5.21 Å². The Kier molecular flexibility index (Phi) is 4.07. The summed E-state index contributed by atoms with van der Waals surface area (Å²) < 4.78 is 0. The van der Waals surface area contributed by atoms with Crippen molar-refractivity contribution in [1.82, 2.24) is 10.4 Å². The van der Waals surface area contributed by atoms with E-state index < -0.39 is 0 Å². The summed E-state index contributed by atoms with van der Waals surface area (Å²) in [6, 6.07) is 6.90. The van der Waals surface area contributed by atoms with Gasteiger partial charge in [-0.1, -0.05) is 18.6 Å². The highest BCUT2D eigenvalue weighted by Crippen LogP contribution is 2.22. The molecule has 5 heteroatoms. The number of carbonyl (C=O) groups is 2. The van der Waals surface area contributed by atoms with E-state index in [1.807, 2.05) is 0 Å². The van der Waals surface area contributed by atoms with Gasteiger partial charge in [0.1, 0.15) is 0 Å². The fraction of sp³-hybridized carbons (Fsp3) is 0.385. The molecule has 0 saturated heterocycles. The molecule has 0 radical (unpaired) electrons. The predicted molar refractivity (Wildman–Crippen MR) is 65.4 cm³/mol. The molecule has 1 heterocycles. The molecule has 1 aromatic rings. The lowest BCUT2D eigenvalue weighted by Gasteiger charge is -2.13. The highest BCUT2D eigenvalue weighted by Gasteiger charge is 2.34. The molecule has 0 aromatic heterocycles. The van der Waals surface area contributed by atoms with Crippen LogP contribution in [0.15, 0.2) is 24.3 Å². The van der Waals surface area contributed by atoms with Gasteiger partial charge in [-0.2, -0.15) is 0 Å². The average Bonchev–Trinajstić information content (AvgIpc) is 2.64. The molecule has 2 amide bonds. The fourth-order valence-corrected chi connectivity index (χ4v) is 2.09. The maximum absolute atomic E-state index is 12.0. The van der Waals surface area contributed by atoms with Gasteiger partial charge < -0.3 is 5.21 Å². The first-order chi connectivity index (χ1) is 8.75. The Morgan fingerprint density at radius 3 is 2.17 bits per heavy atom. The van der Waals surface area contributed by atoms with Crippen molar-refractivity contribution in [2.45, 2.75) is 19.3 Å². The third kappa shape index (κ3) is 2.42. The van der Waals surface area contributed by atoms with Crippen LogP contribution in [0.25, 0.3) is 0 Å². The van der Waals surface area contributed by atoms with E-state index in [0.29, 0.717) is 24.2 Å². The normalized spacial score (nSPS) is 14.2. The van der Waals surface area contributed by atoms with Crippen LogP contribution >= 0.6 is 0 Å². The van der Waals surface area contributed by atoms with Crippen LogP contribution in [-0.4, -0.2) is 35.0 Å². The molecule has 0 fully saturated rings. The van der Waals surface area contributed by atoms with Crippen molar-refractivity contribution in [3.05, 3.63) is 35.4 Å². The summed E-state index contributed by atoms with van der Waals surface area (Å²) in [7, 11) is 0. The topological polar surface area (TPSA) is 69.6 Å². The minimum Gasteiger partial charge on any atom is -0.317 e. The molecule has 96 valence electrons. The standard InChI is InChI=1S/C13H16N2O3/c16-12-10-6-2-3-7-11(10)13(17)15(12)9-5-1-4-8-14-18/h2-3,6-7,14,18H,1,4-5,8-9H2. The summed E-state index contributed by atoms with van der Waals surface area (Å²) in [6.07, 6.45) is 2.44. The van der Waals surface area contributed by atoms with E-state index in [0.717, 1.165) is 19.3 Å². The third-order valence-electron chi connectivity index (χ3n) is 3.05. The van der Waals surface area contributed by atoms with Gasteiger partial charge in [0.25, 0.3) is 11.8 Å². The summed E-state index contributed by atoms with van der Waals surface area (Å²) in [5, 5.41) is 8.41. The van der Waals surface area contributed by atoms with Crippen molar-refractivity contribution in [2.24, 2.45) is 0 Å². The molecule has 18 heavy (non-hydrogen) atoms. The second kappa shape index (κ2) is 5.75. The number of fused-ring (bicyclic) bond motifs is 1. The molecule has 5 nitrogen and oxygen atoms in total. The first-order valence-corrected chi connectivity index (χ1v) is 6.08. The molecule has 1 aliphatic rings. The van der Waals surface area contributed by atoms with Crippen LogP contribution in [0.4, 0.5) is 0 Å². The molecule has 0 aliphatic carbocycles. The Morgan fingerprint density at radius 2 is 1.61 bits per heavy atom. The largest absolute Gasteiger partial charge is 0.317 e. The van der Waals surface area contributed by atoms with Gasteiger partial charge >= 0.3 is 0 Å². The molecular weight excluding hydrogens is 232 g/mol. The van der Waals surface area contributed by atoms with Crippen molar-refractivity contribution in [3.63, 3.8) is 0 Å². The van der Waals surface area contributed by atoms with E-state index in [1.165, 1.54) is 4.90 Å². The Labute approximate surface area is 105 Å². The minimum absolute atomic E-state index is 0.198. The number of amides is 2. The molecule has 1 aromatic carbocycles. The van der Waals surface area contributed by atoms with Gasteiger partial charge in [0.05, 0.1) is 11.1 Å². The van der Waals surface area contributed by atoms with E-state index >= 15 is 0 Å². The van der Waals surface area contributed by atoms with Crippen molar-refractivity contribution >= 4 is 11.8 Å². The van der Waals surface area contributed by atoms with E-state index in [-0.39, 0.29) is 11.8 Å². The predicted octanol–water partition coefficient (Wildman–Crippen LogP) is 1.43. The molecule has 1 aliphatic heterocycles. The second-order valence-corrected chi connectivity index (χ2v) is 4.28. The third-order valence-corrected chi connectivity index (χ3v) is 3.05. The zero-order valence-corrected chi connectivity index (χ0v) is 10.1. The molecule has 2 N–H and O–H groups in total. The molecule has 0 spiro atoms. The van der Waals surface area contributed by atoms with Gasteiger partial charge in [-0.25, -0.2) is 5.48 Å². The van der Waals surface area contributed by atoms with Crippen LogP contribution in [0.2, 0.25) is 0 Å². The molecule has 0 unspecified atom stereocenters. The van der Waals surface area contributed by atoms with Crippen LogP contribution in [0.1, 0.15) is 40.0 Å². The average molecular weight is 248 g/mol. The molecule has 0 saturated carbocycles. The van der Waals surface area contributed by atoms with Crippen LogP contribution in [0, 0.1) is 0 Å². The lowest BCUT2D eigenvalue weighted by Crippen LogP contribution is -2.30. The number of hydrogen-bond acceptors (Lipinski definition) is 4. The number of benzene rings is 1. The number of hydrogen-bond donors (Lipinski definition) is 2. The Balaban J connectivity index is 1.93. The van der Waals surface area contributed by atoms with Crippen molar-refractivity contribution in [3.8, 4) is 0 Å². The smallest absolute Gasteiger partial charge is 0.261 e. The van der Waals surface area contributed by atoms with Crippen LogP contribution in [0.3, 0.4) is 0 Å². The lowest BCUT2D eigenvalue weighted by molar-refractivity contribution is 0.0650. The maximum Gasteiger partial charge on any atom is 0.261 e. The monoisotopic (exact) mass is 248 g/mol. The number of hydroxylamine groups is 1. The highest BCUT2D eigenvalue weighted by atomic mass is 16.5. The zero-order valence-electron chi connectivity index (χ0n) is 10.1. The Hall–Kier alpha value is -1.72. The summed E-state index contributed by atoms with van der Waals surface area (Å²) in [6.45, 7) is 0.972. The van der Waals surface area contributed by atoms with Crippen LogP contribution in [-0.2, 0) is 0 Å². The number of carbonyl (C=O) groups excluding carboxylic acids is 2. The lowest BCUT2D eigenvalue weighted by atomic mass is 10.1. The van der Waals surface area contributed by atoms with Gasteiger partial charge in [0, 0.05) is 13.1 Å². The maximum atomic E-state index is 12.0. The first-order valence-electron chi connectivity index (χ1n) is 6.08. The summed E-state index contributed by atoms with van der Waals surface area (Å²) in [5.74, 6) is -0.397. The van der Waals surface area contributed by atoms with Gasteiger partial charge in [-0.3, -0.25) is 14.5 Å². The quantitative estimate of drug-likeness (QED) is 0.454. The number of rotatable bonds is 6. The zero-order chi connectivity index (χ0) is 13.0. The van der Waals surface area contributed by atoms with Crippen molar-refractivity contribution in [1.29, 1.82) is 0 Å². The highest BCUT2D eigenvalue weighted by molar-refractivity contribution is 6.21. The summed E-state index contributed by atoms with van der Waals surface area (Å²) in [5.41, 5.74) is 3.08. The fourth-order valence-electron chi connectivity index (χ4n) is 2.09. The van der Waals surface area contributed by atoms with Gasteiger partial charge in [-0.15, -0.1) is 0 Å². The molecule has 2 rings (SSSR count). The SMILES string of the molecule is O=C1c2ccccc2C(=O)N1CCCCCNO. The van der Waals surface area contributed by atoms with Crippen LogP contribution < -0.4 is 5.48 Å².